The Morgan fingerprint density at radius 2 is 2.11 bits per heavy atom. The van der Waals surface area contributed by atoms with Crippen molar-refractivity contribution in [2.75, 3.05) is 19.6 Å². The number of phenols is 1. The van der Waals surface area contributed by atoms with Crippen LogP contribution in [0.1, 0.15) is 27.5 Å². The summed E-state index contributed by atoms with van der Waals surface area (Å²) in [6.07, 6.45) is -4.65. The van der Waals surface area contributed by atoms with Crippen LogP contribution in [0.5, 0.6) is 5.75 Å². The summed E-state index contributed by atoms with van der Waals surface area (Å²) in [5.41, 5.74) is -1.12. The van der Waals surface area contributed by atoms with Crippen LogP contribution in [0.25, 0.3) is 0 Å². The van der Waals surface area contributed by atoms with Gasteiger partial charge in [-0.05, 0) is 17.7 Å². The summed E-state index contributed by atoms with van der Waals surface area (Å²) < 4.78 is 38.9. The van der Waals surface area contributed by atoms with Crippen molar-refractivity contribution in [3.8, 4) is 5.75 Å². The van der Waals surface area contributed by atoms with Crippen LogP contribution >= 0.6 is 0 Å². The fraction of sp³-hybridized carbons (Fsp3) is 0.417. The fourth-order valence-corrected chi connectivity index (χ4v) is 2.74. The maximum Gasteiger partial charge on any atom is 0.417 e. The zero-order valence-electron chi connectivity index (χ0n) is 9.79. The summed E-state index contributed by atoms with van der Waals surface area (Å²) in [6.45, 7) is 1.33. The molecule has 0 aromatic heterocycles. The first kappa shape index (κ1) is 12.3. The van der Waals surface area contributed by atoms with Gasteiger partial charge in [0.25, 0.3) is 5.91 Å². The zero-order valence-corrected chi connectivity index (χ0v) is 9.79. The van der Waals surface area contributed by atoms with E-state index in [0.29, 0.717) is 25.7 Å². The van der Waals surface area contributed by atoms with Gasteiger partial charge >= 0.3 is 6.18 Å². The number of carbonyl (C=O) groups excluding carboxylic acids is 1. The van der Waals surface area contributed by atoms with E-state index < -0.39 is 29.4 Å². The molecule has 1 aromatic carbocycles. The number of fused-ring (bicyclic) bond motifs is 3. The Hall–Kier alpha value is -1.76. The second-order valence-corrected chi connectivity index (χ2v) is 4.67. The van der Waals surface area contributed by atoms with Crippen molar-refractivity contribution in [1.82, 2.24) is 10.2 Å². The Morgan fingerprint density at radius 3 is 2.79 bits per heavy atom. The minimum Gasteiger partial charge on any atom is -0.508 e. The average Bonchev–Trinajstić information content (AvgIpc) is 2.62. The van der Waals surface area contributed by atoms with Crippen LogP contribution in [0.15, 0.2) is 12.1 Å². The molecule has 2 N–H and O–H groups in total. The van der Waals surface area contributed by atoms with E-state index in [9.17, 15) is 23.1 Å². The predicted molar refractivity (Wildman–Crippen MR) is 59.8 cm³/mol. The van der Waals surface area contributed by atoms with Crippen LogP contribution in [0.3, 0.4) is 0 Å². The number of aromatic hydroxyl groups is 1. The Bertz CT molecular complexity index is 557. The van der Waals surface area contributed by atoms with Gasteiger partial charge in [-0.2, -0.15) is 13.2 Å². The van der Waals surface area contributed by atoms with Gasteiger partial charge in [0.1, 0.15) is 5.75 Å². The molecule has 19 heavy (non-hydrogen) atoms. The molecule has 0 bridgehead atoms. The highest BCUT2D eigenvalue weighted by molar-refractivity contribution is 6.01. The van der Waals surface area contributed by atoms with Crippen LogP contribution in [0.4, 0.5) is 13.2 Å². The second-order valence-electron chi connectivity index (χ2n) is 4.67. The van der Waals surface area contributed by atoms with Crippen molar-refractivity contribution < 1.29 is 23.1 Å². The normalized spacial score (nSPS) is 22.4. The molecule has 2 heterocycles. The van der Waals surface area contributed by atoms with Crippen LogP contribution < -0.4 is 5.32 Å². The lowest BCUT2D eigenvalue weighted by atomic mass is 9.98. The number of hydrogen-bond donors (Lipinski definition) is 2. The third-order valence-corrected chi connectivity index (χ3v) is 3.54. The Morgan fingerprint density at radius 1 is 1.37 bits per heavy atom. The average molecular weight is 272 g/mol. The Kier molecular flexibility index (Phi) is 2.50. The maximum atomic E-state index is 13.0. The molecule has 0 spiro atoms. The summed E-state index contributed by atoms with van der Waals surface area (Å²) in [7, 11) is 0. The van der Waals surface area contributed by atoms with E-state index >= 15 is 0 Å². The minimum absolute atomic E-state index is 0.254. The standard InChI is InChI=1S/C12H11F3N2O2/c13-12(14,15)8-4-6(18)3-7-9-5-16-1-2-17(9)11(19)10(7)8/h3-4,9,16,18H,1-2,5H2. The first-order valence-electron chi connectivity index (χ1n) is 5.85. The molecular weight excluding hydrogens is 261 g/mol. The Labute approximate surface area is 106 Å². The highest BCUT2D eigenvalue weighted by atomic mass is 19.4. The molecule has 1 saturated heterocycles. The van der Waals surface area contributed by atoms with E-state index in [1.807, 2.05) is 0 Å². The molecule has 1 aromatic rings. The van der Waals surface area contributed by atoms with Gasteiger partial charge in [0.05, 0.1) is 17.2 Å². The molecule has 1 amide bonds. The summed E-state index contributed by atoms with van der Waals surface area (Å²) in [5, 5.41) is 12.5. The number of benzene rings is 1. The second kappa shape index (κ2) is 3.86. The number of rotatable bonds is 0. The largest absolute Gasteiger partial charge is 0.508 e. The highest BCUT2D eigenvalue weighted by Gasteiger charge is 2.45. The van der Waals surface area contributed by atoms with Crippen molar-refractivity contribution in [3.05, 3.63) is 28.8 Å². The highest BCUT2D eigenvalue weighted by Crippen LogP contribution is 2.43. The number of nitrogens with zero attached hydrogens (tertiary/aromatic N) is 1. The maximum absolute atomic E-state index is 13.0. The van der Waals surface area contributed by atoms with E-state index in [1.54, 1.807) is 0 Å². The molecule has 2 aliphatic rings. The number of piperazine rings is 1. The van der Waals surface area contributed by atoms with Crippen molar-refractivity contribution in [3.63, 3.8) is 0 Å². The number of nitrogens with one attached hydrogen (secondary N) is 1. The fourth-order valence-electron chi connectivity index (χ4n) is 2.74. The molecule has 2 aliphatic heterocycles. The van der Waals surface area contributed by atoms with E-state index in [1.165, 1.54) is 11.0 Å². The van der Waals surface area contributed by atoms with Crippen LogP contribution in [0.2, 0.25) is 0 Å². The quantitative estimate of drug-likeness (QED) is 0.752. The number of alkyl halides is 3. The molecule has 1 fully saturated rings. The summed E-state index contributed by atoms with van der Waals surface area (Å²) in [5.74, 6) is -1.07. The number of phenolic OH excluding ortho intramolecular Hbond substituents is 1. The van der Waals surface area contributed by atoms with E-state index in [-0.39, 0.29) is 11.1 Å². The number of halogens is 3. The number of hydrogen-bond acceptors (Lipinski definition) is 3. The van der Waals surface area contributed by atoms with E-state index in [4.69, 9.17) is 0 Å². The molecule has 7 heteroatoms. The third-order valence-electron chi connectivity index (χ3n) is 3.54. The molecule has 3 rings (SSSR count). The summed E-state index contributed by atoms with van der Waals surface area (Å²) >= 11 is 0. The molecule has 4 nitrogen and oxygen atoms in total. The first-order valence-corrected chi connectivity index (χ1v) is 5.85. The number of carbonyl (C=O) groups is 1. The Balaban J connectivity index is 2.21. The van der Waals surface area contributed by atoms with Crippen LogP contribution in [-0.4, -0.2) is 35.5 Å². The molecule has 102 valence electrons. The lowest BCUT2D eigenvalue weighted by molar-refractivity contribution is -0.138. The van der Waals surface area contributed by atoms with Gasteiger partial charge in [-0.1, -0.05) is 0 Å². The smallest absolute Gasteiger partial charge is 0.417 e. The number of amides is 1. The third kappa shape index (κ3) is 1.76. The summed E-state index contributed by atoms with van der Waals surface area (Å²) in [6, 6.07) is 1.44. The van der Waals surface area contributed by atoms with Gasteiger partial charge in [-0.25, -0.2) is 0 Å². The van der Waals surface area contributed by atoms with Crippen LogP contribution in [0, 0.1) is 0 Å². The first-order chi connectivity index (χ1) is 8.89. The van der Waals surface area contributed by atoms with Crippen molar-refractivity contribution in [2.24, 2.45) is 0 Å². The lowest BCUT2D eigenvalue weighted by Crippen LogP contribution is -2.44. The molecule has 0 aliphatic carbocycles. The van der Waals surface area contributed by atoms with Crippen LogP contribution in [-0.2, 0) is 6.18 Å². The minimum atomic E-state index is -4.65. The molecule has 0 saturated carbocycles. The van der Waals surface area contributed by atoms with E-state index in [2.05, 4.69) is 5.32 Å². The SMILES string of the molecule is O=C1c2c(cc(O)cc2C(F)(F)F)C2CNCCN12. The monoisotopic (exact) mass is 272 g/mol. The molecule has 1 unspecified atom stereocenters. The molecule has 1 atom stereocenters. The van der Waals surface area contributed by atoms with Gasteiger partial charge < -0.3 is 15.3 Å². The van der Waals surface area contributed by atoms with Crippen molar-refractivity contribution in [1.29, 1.82) is 0 Å². The van der Waals surface area contributed by atoms with Crippen molar-refractivity contribution in [2.45, 2.75) is 12.2 Å². The van der Waals surface area contributed by atoms with Gasteiger partial charge in [0.15, 0.2) is 0 Å². The summed E-state index contributed by atoms with van der Waals surface area (Å²) in [4.78, 5) is 13.6. The topological polar surface area (TPSA) is 52.6 Å². The van der Waals surface area contributed by atoms with Gasteiger partial charge in [0, 0.05) is 19.6 Å². The molecule has 0 radical (unpaired) electrons. The van der Waals surface area contributed by atoms with E-state index in [0.717, 1.165) is 0 Å². The van der Waals surface area contributed by atoms with Crippen molar-refractivity contribution >= 4 is 5.91 Å². The predicted octanol–water partition coefficient (Wildman–Crippen LogP) is 1.51. The van der Waals surface area contributed by atoms with Gasteiger partial charge in [0.2, 0.25) is 0 Å². The lowest BCUT2D eigenvalue weighted by Gasteiger charge is -2.30. The molecular formula is C12H11F3N2O2. The van der Waals surface area contributed by atoms with Gasteiger partial charge in [-0.15, -0.1) is 0 Å². The van der Waals surface area contributed by atoms with Gasteiger partial charge in [-0.3, -0.25) is 4.79 Å². The zero-order chi connectivity index (χ0) is 13.8.